The van der Waals surface area contributed by atoms with Crippen molar-refractivity contribution in [2.24, 2.45) is 0 Å². The lowest BCUT2D eigenvalue weighted by Gasteiger charge is -2.26. The van der Waals surface area contributed by atoms with E-state index in [4.69, 9.17) is 9.40 Å². The molecule has 3 heterocycles. The SMILES string of the molecule is c1ccc(-c2ccc(N(c3ccc(-c4ccc5c(c4)sc4ccc6nc(-c7ccccc7)sc6c45)cc3)c3ccc4c(c3)oc3ccccc34)cc2)cc1. The van der Waals surface area contributed by atoms with Gasteiger partial charge in [-0.15, -0.1) is 22.7 Å². The van der Waals surface area contributed by atoms with Gasteiger partial charge in [0.25, 0.3) is 0 Å². The van der Waals surface area contributed by atoms with Gasteiger partial charge in [-0.2, -0.15) is 0 Å². The Labute approximate surface area is 319 Å². The first-order chi connectivity index (χ1) is 26.7. The second-order valence-electron chi connectivity index (χ2n) is 13.6. The Morgan fingerprint density at radius 1 is 0.407 bits per heavy atom. The Hall–Kier alpha value is -6.53. The second-order valence-corrected chi connectivity index (χ2v) is 15.6. The molecule has 0 atom stereocenters. The molecule has 0 fully saturated rings. The number of thiazole rings is 1. The van der Waals surface area contributed by atoms with Gasteiger partial charge in [-0.3, -0.25) is 0 Å². The van der Waals surface area contributed by atoms with Crippen LogP contribution in [0.15, 0.2) is 186 Å². The molecule has 0 aliphatic carbocycles. The standard InChI is InChI=1S/C49H30N2OS2/c1-3-9-31(10-4-1)32-15-20-36(21-16-32)51(38-24-26-40-39-13-7-8-14-43(39)52-44(40)30-38)37-22-17-33(18-23-37)35-19-25-41-46(29-35)53-45-28-27-42-48(47(41)45)54-49(50-42)34-11-5-2-6-12-34/h1-30H. The van der Waals surface area contributed by atoms with Crippen LogP contribution in [0.1, 0.15) is 0 Å². The molecular weight excluding hydrogens is 697 g/mol. The van der Waals surface area contributed by atoms with Crippen LogP contribution >= 0.6 is 22.7 Å². The van der Waals surface area contributed by atoms with Crippen LogP contribution in [-0.4, -0.2) is 4.98 Å². The van der Waals surface area contributed by atoms with Crippen molar-refractivity contribution in [3.63, 3.8) is 0 Å². The Balaban J connectivity index is 0.977. The molecule has 0 aliphatic heterocycles. The summed E-state index contributed by atoms with van der Waals surface area (Å²) in [6.45, 7) is 0. The molecule has 254 valence electrons. The van der Waals surface area contributed by atoms with E-state index in [-0.39, 0.29) is 0 Å². The van der Waals surface area contributed by atoms with Gasteiger partial charge in [0.15, 0.2) is 0 Å². The molecule has 0 saturated heterocycles. The molecule has 8 aromatic carbocycles. The number of rotatable bonds is 6. The molecular formula is C49H30N2OS2. The zero-order valence-corrected chi connectivity index (χ0v) is 30.6. The van der Waals surface area contributed by atoms with Gasteiger partial charge in [-0.1, -0.05) is 115 Å². The topological polar surface area (TPSA) is 29.3 Å². The maximum absolute atomic E-state index is 6.34. The average molecular weight is 727 g/mol. The minimum Gasteiger partial charge on any atom is -0.456 e. The third-order valence-electron chi connectivity index (χ3n) is 10.3. The Morgan fingerprint density at radius 3 is 1.76 bits per heavy atom. The summed E-state index contributed by atoms with van der Waals surface area (Å²) in [5.74, 6) is 0. The fourth-order valence-electron chi connectivity index (χ4n) is 7.67. The summed E-state index contributed by atoms with van der Waals surface area (Å²) in [4.78, 5) is 7.32. The first-order valence-electron chi connectivity index (χ1n) is 18.0. The highest BCUT2D eigenvalue weighted by Gasteiger charge is 2.18. The van der Waals surface area contributed by atoms with Gasteiger partial charge in [0.05, 0.1) is 10.2 Å². The van der Waals surface area contributed by atoms with E-state index in [0.29, 0.717) is 0 Å². The van der Waals surface area contributed by atoms with Crippen molar-refractivity contribution in [2.45, 2.75) is 0 Å². The van der Waals surface area contributed by atoms with Crippen LogP contribution in [0.2, 0.25) is 0 Å². The van der Waals surface area contributed by atoms with Crippen LogP contribution in [0.4, 0.5) is 17.1 Å². The highest BCUT2D eigenvalue weighted by Crippen LogP contribution is 2.44. The fraction of sp³-hybridized carbons (Fsp3) is 0. The van der Waals surface area contributed by atoms with E-state index in [1.165, 1.54) is 47.1 Å². The van der Waals surface area contributed by atoms with E-state index in [1.807, 2.05) is 23.5 Å². The Bertz CT molecular complexity index is 3140. The third kappa shape index (κ3) is 5.20. The fourth-order valence-corrected chi connectivity index (χ4v) is 10.0. The molecule has 3 nitrogen and oxygen atoms in total. The molecule has 0 spiro atoms. The van der Waals surface area contributed by atoms with Gasteiger partial charge in [0.1, 0.15) is 16.2 Å². The van der Waals surface area contributed by atoms with E-state index >= 15 is 0 Å². The summed E-state index contributed by atoms with van der Waals surface area (Å²) < 4.78 is 10.2. The van der Waals surface area contributed by atoms with Gasteiger partial charge in [-0.25, -0.2) is 4.98 Å². The predicted octanol–water partition coefficient (Wildman–Crippen LogP) is 15.0. The molecule has 0 amide bonds. The van der Waals surface area contributed by atoms with Gasteiger partial charge in [-0.05, 0) is 82.9 Å². The lowest BCUT2D eigenvalue weighted by molar-refractivity contribution is 0.669. The molecule has 0 unspecified atom stereocenters. The molecule has 0 radical (unpaired) electrons. The van der Waals surface area contributed by atoms with Crippen molar-refractivity contribution in [3.05, 3.63) is 182 Å². The number of hydrogen-bond donors (Lipinski definition) is 0. The molecule has 0 N–H and O–H groups in total. The van der Waals surface area contributed by atoms with Crippen LogP contribution in [-0.2, 0) is 0 Å². The Kier molecular flexibility index (Phi) is 7.22. The smallest absolute Gasteiger partial charge is 0.137 e. The van der Waals surface area contributed by atoms with Crippen molar-refractivity contribution < 1.29 is 4.42 Å². The van der Waals surface area contributed by atoms with Crippen molar-refractivity contribution in [1.29, 1.82) is 0 Å². The van der Waals surface area contributed by atoms with Crippen molar-refractivity contribution in [2.75, 3.05) is 4.90 Å². The number of furan rings is 1. The minimum absolute atomic E-state index is 0.875. The number of fused-ring (bicyclic) bond motifs is 8. The molecule has 0 saturated carbocycles. The molecule has 0 bridgehead atoms. The summed E-state index contributed by atoms with van der Waals surface area (Å²) in [5.41, 5.74) is 12.0. The first-order valence-corrected chi connectivity index (χ1v) is 19.7. The van der Waals surface area contributed by atoms with Crippen LogP contribution in [0.25, 0.3) is 85.2 Å². The zero-order valence-electron chi connectivity index (χ0n) is 28.9. The summed E-state index contributed by atoms with van der Waals surface area (Å²) in [6, 6.07) is 64.8. The molecule has 3 aromatic heterocycles. The minimum atomic E-state index is 0.875. The second kappa shape index (κ2) is 12.6. The lowest BCUT2D eigenvalue weighted by atomic mass is 10.0. The summed E-state index contributed by atoms with van der Waals surface area (Å²) in [5, 5.41) is 5.91. The molecule has 11 aromatic rings. The third-order valence-corrected chi connectivity index (χ3v) is 12.6. The normalized spacial score (nSPS) is 11.7. The van der Waals surface area contributed by atoms with E-state index in [1.54, 1.807) is 11.3 Å². The number of hydrogen-bond acceptors (Lipinski definition) is 5. The van der Waals surface area contributed by atoms with Gasteiger partial charge < -0.3 is 9.32 Å². The summed E-state index contributed by atoms with van der Waals surface area (Å²) in [6.07, 6.45) is 0. The summed E-state index contributed by atoms with van der Waals surface area (Å²) >= 11 is 3.64. The molecule has 54 heavy (non-hydrogen) atoms. The largest absolute Gasteiger partial charge is 0.456 e. The van der Waals surface area contributed by atoms with Crippen LogP contribution in [0.3, 0.4) is 0 Å². The maximum atomic E-state index is 6.34. The quantitative estimate of drug-likeness (QED) is 0.171. The molecule has 11 rings (SSSR count). The van der Waals surface area contributed by atoms with Crippen molar-refractivity contribution in [1.82, 2.24) is 4.98 Å². The van der Waals surface area contributed by atoms with Crippen LogP contribution < -0.4 is 4.90 Å². The zero-order chi connectivity index (χ0) is 35.6. The van der Waals surface area contributed by atoms with E-state index < -0.39 is 0 Å². The van der Waals surface area contributed by atoms with E-state index in [9.17, 15) is 0 Å². The number of anilines is 3. The number of nitrogens with zero attached hydrogens (tertiary/aromatic N) is 2. The van der Waals surface area contributed by atoms with E-state index in [2.05, 4.69) is 175 Å². The monoisotopic (exact) mass is 726 g/mol. The number of para-hydroxylation sites is 1. The van der Waals surface area contributed by atoms with Crippen LogP contribution in [0, 0.1) is 0 Å². The van der Waals surface area contributed by atoms with Crippen molar-refractivity contribution >= 4 is 92.1 Å². The van der Waals surface area contributed by atoms with Gasteiger partial charge in [0.2, 0.25) is 0 Å². The van der Waals surface area contributed by atoms with Crippen LogP contribution in [0.5, 0.6) is 0 Å². The van der Waals surface area contributed by atoms with Gasteiger partial charge in [0, 0.05) is 59.6 Å². The average Bonchev–Trinajstić information content (AvgIpc) is 3.95. The van der Waals surface area contributed by atoms with E-state index in [0.717, 1.165) is 55.1 Å². The molecule has 5 heteroatoms. The van der Waals surface area contributed by atoms with Gasteiger partial charge >= 0.3 is 0 Å². The number of thiophene rings is 1. The number of benzene rings is 8. The first kappa shape index (κ1) is 31.0. The highest BCUT2D eigenvalue weighted by atomic mass is 32.1. The molecule has 0 aliphatic rings. The highest BCUT2D eigenvalue weighted by molar-refractivity contribution is 7.28. The predicted molar refractivity (Wildman–Crippen MR) is 231 cm³/mol. The maximum Gasteiger partial charge on any atom is 0.137 e. The van der Waals surface area contributed by atoms with Crippen molar-refractivity contribution in [3.8, 4) is 32.8 Å². The Morgan fingerprint density at radius 2 is 1.00 bits per heavy atom. The lowest BCUT2D eigenvalue weighted by Crippen LogP contribution is -2.09. The summed E-state index contributed by atoms with van der Waals surface area (Å²) in [7, 11) is 0. The number of aromatic nitrogens is 1.